The molecular formula is C72H104F6N10O15S2. The molecule has 1 N–H and O–H groups in total. The van der Waals surface area contributed by atoms with Gasteiger partial charge in [-0.2, -0.15) is 43.2 Å². The molecule has 0 radical (unpaired) electrons. The number of benzene rings is 1. The number of carbonyl (C=O) groups excluding carboxylic acids is 12. The predicted molar refractivity (Wildman–Crippen MR) is 390 cm³/mol. The van der Waals surface area contributed by atoms with Crippen molar-refractivity contribution < 1.29 is 98.2 Å². The van der Waals surface area contributed by atoms with Crippen LogP contribution < -0.4 is 10.2 Å². The average Bonchev–Trinajstić information content (AvgIpc) is 1.48. The summed E-state index contributed by atoms with van der Waals surface area (Å²) in [6.45, 7) is 14.9. The van der Waals surface area contributed by atoms with Gasteiger partial charge < -0.3 is 48.5 Å². The fourth-order valence-corrected chi connectivity index (χ4v) is 8.39. The van der Waals surface area contributed by atoms with Crippen molar-refractivity contribution in [2.75, 3.05) is 51.6 Å². The number of ketones is 10. The fraction of sp³-hybridized carbons (Fsp3) is 0.542. The van der Waals surface area contributed by atoms with Gasteiger partial charge in [0.15, 0.2) is 0 Å². The second kappa shape index (κ2) is 64.6. The van der Waals surface area contributed by atoms with Crippen molar-refractivity contribution >= 4 is 105 Å². The molecule has 33 heteroatoms. The lowest BCUT2D eigenvalue weighted by molar-refractivity contribution is -0.143. The molecule has 2 unspecified atom stereocenters. The zero-order valence-corrected chi connectivity index (χ0v) is 64.2. The molecule has 2 fully saturated rings. The number of aryl methyl sites for hydroxylation is 3. The molecule has 0 saturated carbocycles. The van der Waals surface area contributed by atoms with E-state index in [1.807, 2.05) is 84.7 Å². The maximum Gasteiger partial charge on any atom is 0.405 e. The summed E-state index contributed by atoms with van der Waals surface area (Å²) >= 11 is 3.56. The highest BCUT2D eigenvalue weighted by Gasteiger charge is 2.28. The predicted octanol–water partition coefficient (Wildman–Crippen LogP) is 12.1. The number of halogens is 6. The summed E-state index contributed by atoms with van der Waals surface area (Å²) in [5, 5.41) is 11.5. The highest BCUT2D eigenvalue weighted by molar-refractivity contribution is 8.01. The number of ether oxygens (including phenoxy) is 2. The Morgan fingerprint density at radius 1 is 0.648 bits per heavy atom. The van der Waals surface area contributed by atoms with Crippen LogP contribution in [0.4, 0.5) is 32.0 Å². The van der Waals surface area contributed by atoms with Crippen LogP contribution in [-0.2, 0) is 98.2 Å². The zero-order chi connectivity index (χ0) is 80.6. The number of Topliss-reactive ketones (excluding diaryl/α,β-unsaturated/α-hetero) is 10. The second-order valence-corrected chi connectivity index (χ2v) is 25.1. The Kier molecular flexibility index (Phi) is 63.0. The van der Waals surface area contributed by atoms with Crippen molar-refractivity contribution in [2.24, 2.45) is 12.2 Å². The van der Waals surface area contributed by atoms with Gasteiger partial charge in [-0.1, -0.05) is 29.4 Å². The number of oxime groups is 1. The maximum absolute atomic E-state index is 11.5. The molecule has 6 heterocycles. The fourth-order valence-electron chi connectivity index (χ4n) is 6.95. The summed E-state index contributed by atoms with van der Waals surface area (Å²) in [5.74, 6) is 1.24. The molecule has 0 aliphatic carbocycles. The van der Waals surface area contributed by atoms with E-state index in [-0.39, 0.29) is 71.6 Å². The van der Waals surface area contributed by atoms with Crippen LogP contribution in [0.3, 0.4) is 0 Å². The molecule has 7 rings (SSSR count). The molecule has 4 aromatic heterocycles. The van der Waals surface area contributed by atoms with Crippen LogP contribution in [0.2, 0.25) is 0 Å². The number of nitrogens with zero attached hydrogens (tertiary/aromatic N) is 9. The van der Waals surface area contributed by atoms with Crippen LogP contribution in [0, 0.1) is 0 Å². The van der Waals surface area contributed by atoms with Crippen LogP contribution in [0.25, 0.3) is 0 Å². The Hall–Kier alpha value is -8.98. The minimum atomic E-state index is -4.40. The number of nitrogens with one attached hydrogen (secondary N) is 1. The van der Waals surface area contributed by atoms with E-state index in [2.05, 4.69) is 44.7 Å². The van der Waals surface area contributed by atoms with Gasteiger partial charge in [0.25, 0.3) is 0 Å². The number of hydrogen-bond donors (Lipinski definition) is 1. The van der Waals surface area contributed by atoms with Gasteiger partial charge >= 0.3 is 18.3 Å². The van der Waals surface area contributed by atoms with Gasteiger partial charge in [-0.05, 0) is 144 Å². The number of likely N-dealkylation sites (N-methyl/N-ethyl adjacent to an activating group) is 1. The molecule has 2 aliphatic heterocycles. The largest absolute Gasteiger partial charge is 0.469 e. The average molecular weight is 1530 g/mol. The molecule has 5 aromatic rings. The summed E-state index contributed by atoms with van der Waals surface area (Å²) in [6, 6.07) is 17.3. The van der Waals surface area contributed by atoms with E-state index < -0.39 is 49.4 Å². The number of pyridine rings is 1. The number of amides is 1. The second-order valence-electron chi connectivity index (χ2n) is 23.0. The molecule has 105 heavy (non-hydrogen) atoms. The number of alkyl halides is 6. The van der Waals surface area contributed by atoms with E-state index in [4.69, 9.17) is 4.74 Å². The first kappa shape index (κ1) is 102. The molecule has 586 valence electrons. The van der Waals surface area contributed by atoms with Crippen molar-refractivity contribution in [3.05, 3.63) is 114 Å². The van der Waals surface area contributed by atoms with Crippen molar-refractivity contribution in [2.45, 2.75) is 202 Å². The lowest BCUT2D eigenvalue weighted by Gasteiger charge is -2.23. The minimum absolute atomic E-state index is 0.0241. The van der Waals surface area contributed by atoms with Crippen molar-refractivity contribution in [1.82, 2.24) is 40.0 Å². The summed E-state index contributed by atoms with van der Waals surface area (Å²) in [6.07, 6.45) is 8.99. The van der Waals surface area contributed by atoms with Gasteiger partial charge in [-0.3, -0.25) is 43.2 Å². The Balaban J connectivity index is -0.000000537. The molecule has 1 amide bonds. The van der Waals surface area contributed by atoms with Crippen molar-refractivity contribution in [1.29, 1.82) is 0 Å². The van der Waals surface area contributed by atoms with Crippen LogP contribution in [0.15, 0.2) is 102 Å². The Morgan fingerprint density at radius 3 is 1.59 bits per heavy atom. The lowest BCUT2D eigenvalue weighted by Crippen LogP contribution is -2.33. The number of para-hydroxylation sites is 1. The van der Waals surface area contributed by atoms with Crippen LogP contribution in [0.1, 0.15) is 176 Å². The number of aromatic nitrogens is 7. The minimum Gasteiger partial charge on any atom is -0.469 e. The van der Waals surface area contributed by atoms with E-state index in [1.54, 1.807) is 92.4 Å². The monoisotopic (exact) mass is 1530 g/mol. The smallest absolute Gasteiger partial charge is 0.405 e. The van der Waals surface area contributed by atoms with Gasteiger partial charge in [0.1, 0.15) is 96.4 Å². The molecule has 2 atom stereocenters. The van der Waals surface area contributed by atoms with E-state index in [9.17, 15) is 83.9 Å². The number of hydrogen-bond acceptors (Lipinski definition) is 25. The molecule has 2 saturated heterocycles. The van der Waals surface area contributed by atoms with E-state index in [0.29, 0.717) is 50.3 Å². The van der Waals surface area contributed by atoms with Gasteiger partial charge in [0, 0.05) is 113 Å². The Morgan fingerprint density at radius 2 is 1.22 bits per heavy atom. The Bertz CT molecular complexity index is 3220. The van der Waals surface area contributed by atoms with E-state index >= 15 is 0 Å². The van der Waals surface area contributed by atoms with Crippen molar-refractivity contribution in [3.8, 4) is 0 Å². The topological polar surface area (TPSA) is 342 Å². The highest BCUT2D eigenvalue weighted by atomic mass is 32.2. The van der Waals surface area contributed by atoms with Crippen molar-refractivity contribution in [3.63, 3.8) is 0 Å². The standard InChI is InChI=1S/C10H13NO.C9H11NO.C7H10F3NO2.C7H8N2O.C7H9NOS.C7H12O2.C7H12OS.C5H7F3O.C5H9NO2.C5H8O3.C3H5N3/c1-9(12)8-11(2)10-6-4-3-5-7-10;1-8(11)5-6-9-4-2-3-7-10-9;1-5(12)2-3-6(13)11-4-7(8,9)10;1-6(10)5-7-8-3-2-4-9-7;1-6(9)2-3-7-4-10-5-8-7;1-6(8)5-7-3-2-4-9-7;1-6(8)2-3-7-4-5-9-7;1-4(9)2-3-5(6,7)8;1-5(7)3-4-6-8-2;1-4(6)3-5(7)8-2;1-6-3-4-2-5-6/h3-7H,8H2,1-2H3;2-4,7H,5-6H2,1H3;2-4H2,1H3,(H,11,13);2-4H,5H2,1H3;4-5H,2-3H2,1H3;2*7H,2-5H2,1H3;2-3H2,1H3;4H,3H2,1-2H3;3H2,1-2H3;2-3H,1H3/b;;;;;;;;6-4+;;. The molecule has 2 aliphatic rings. The third kappa shape index (κ3) is 80.6. The molecular weight excluding hydrogens is 1420 g/mol. The molecule has 0 spiro atoms. The maximum atomic E-state index is 11.5. The first-order chi connectivity index (χ1) is 49.2. The van der Waals surface area contributed by atoms with E-state index in [1.165, 1.54) is 66.6 Å². The number of methoxy groups -OCH3 is 1. The number of rotatable bonds is 27. The zero-order valence-electron chi connectivity index (χ0n) is 62.6. The van der Waals surface area contributed by atoms with Gasteiger partial charge in [0.2, 0.25) is 5.91 Å². The number of anilines is 1. The summed E-state index contributed by atoms with van der Waals surface area (Å²) in [5.41, 5.74) is 4.88. The highest BCUT2D eigenvalue weighted by Crippen LogP contribution is 2.31. The molecule has 0 bridgehead atoms. The summed E-state index contributed by atoms with van der Waals surface area (Å²) in [4.78, 5) is 151. The van der Waals surface area contributed by atoms with Crippen LogP contribution in [-0.4, -0.2) is 181 Å². The molecule has 1 aromatic carbocycles. The van der Waals surface area contributed by atoms with Crippen LogP contribution >= 0.6 is 23.1 Å². The number of esters is 1. The number of thioether (sulfide) groups is 1. The summed E-state index contributed by atoms with van der Waals surface area (Å²) < 4.78 is 79.5. The normalized spacial score (nSPS) is 12.6. The van der Waals surface area contributed by atoms with Gasteiger partial charge in [0.05, 0.1) is 50.0 Å². The first-order valence-corrected chi connectivity index (χ1v) is 35.0. The SMILES string of the molecule is CC(=O)CC1CCCO1.CC(=O)CCC(=O)NCC(F)(F)F.CC(=O)CCC(F)(F)F.CC(=O)CCC1CCS1.CC(=O)CCc1ccccn1.CC(=O)CCc1cscn1.CC(=O)CN(C)c1ccccc1.CC(=O)Cc1ncccn1.CO/N=C/CC(C)=O.COC(=O)CC(C)=O.Cn1cncn1. The lowest BCUT2D eigenvalue weighted by atomic mass is 10.1. The number of carbonyl (C=O) groups is 12. The third-order valence-electron chi connectivity index (χ3n) is 12.2. The van der Waals surface area contributed by atoms with Crippen LogP contribution in [0.5, 0.6) is 0 Å². The molecule has 25 nitrogen and oxygen atoms in total. The summed E-state index contributed by atoms with van der Waals surface area (Å²) in [7, 11) is 6.44. The van der Waals surface area contributed by atoms with E-state index in [0.717, 1.165) is 74.4 Å². The Labute approximate surface area is 620 Å². The first-order valence-electron chi connectivity index (χ1n) is 33.0. The number of thiazole rings is 1. The quantitative estimate of drug-likeness (QED) is 0.0168. The van der Waals surface area contributed by atoms with Gasteiger partial charge in [-0.15, -0.1) is 11.3 Å². The third-order valence-corrected chi connectivity index (χ3v) is 14.2. The van der Waals surface area contributed by atoms with Gasteiger partial charge in [-0.25, -0.2) is 19.9 Å².